The largest absolute Gasteiger partial charge is 0.316 e. The summed E-state index contributed by atoms with van der Waals surface area (Å²) in [7, 11) is 2.13. The van der Waals surface area contributed by atoms with Crippen molar-refractivity contribution >= 4 is 22.9 Å². The van der Waals surface area contributed by atoms with Gasteiger partial charge in [-0.25, -0.2) is 0 Å². The van der Waals surface area contributed by atoms with E-state index in [9.17, 15) is 0 Å². The molecule has 2 rings (SSSR count). The van der Waals surface area contributed by atoms with Crippen LogP contribution >= 0.6 is 22.9 Å². The molecule has 3 heteroatoms. The first-order chi connectivity index (χ1) is 9.05. The van der Waals surface area contributed by atoms with Crippen molar-refractivity contribution in [2.24, 2.45) is 11.3 Å². The van der Waals surface area contributed by atoms with Gasteiger partial charge in [0.15, 0.2) is 0 Å². The Kier molecular flexibility index (Phi) is 5.33. The zero-order valence-electron chi connectivity index (χ0n) is 12.3. The van der Waals surface area contributed by atoms with Crippen molar-refractivity contribution in [1.82, 2.24) is 5.32 Å². The van der Waals surface area contributed by atoms with Crippen molar-refractivity contribution in [2.45, 2.75) is 58.4 Å². The van der Waals surface area contributed by atoms with Gasteiger partial charge in [-0.1, -0.05) is 38.3 Å². The standard InChI is InChI=1S/C16H26ClNS/c1-12(2)11-16(8-4-5-9-16)14(18-3)10-13-6-7-15(17)19-13/h6-7,12,14,18H,4-5,8-11H2,1-3H3. The lowest BCUT2D eigenvalue weighted by molar-refractivity contribution is 0.160. The number of likely N-dealkylation sites (N-methyl/N-ethyl adjacent to an activating group) is 1. The van der Waals surface area contributed by atoms with E-state index >= 15 is 0 Å². The predicted molar refractivity (Wildman–Crippen MR) is 86.2 cm³/mol. The van der Waals surface area contributed by atoms with Crippen LogP contribution in [0.2, 0.25) is 4.34 Å². The van der Waals surface area contributed by atoms with Gasteiger partial charge in [0, 0.05) is 10.9 Å². The fourth-order valence-electron chi connectivity index (χ4n) is 3.87. The number of rotatable bonds is 6. The molecule has 1 unspecified atom stereocenters. The molecule has 0 saturated heterocycles. The van der Waals surface area contributed by atoms with Gasteiger partial charge in [0.05, 0.1) is 4.34 Å². The topological polar surface area (TPSA) is 12.0 Å². The van der Waals surface area contributed by atoms with E-state index in [-0.39, 0.29) is 0 Å². The first-order valence-electron chi connectivity index (χ1n) is 7.47. The number of hydrogen-bond acceptors (Lipinski definition) is 2. The highest BCUT2D eigenvalue weighted by molar-refractivity contribution is 7.16. The first kappa shape index (κ1) is 15.3. The maximum absolute atomic E-state index is 6.06. The first-order valence-corrected chi connectivity index (χ1v) is 8.67. The van der Waals surface area contributed by atoms with Crippen LogP contribution in [0.4, 0.5) is 0 Å². The second-order valence-electron chi connectivity index (χ2n) is 6.42. The van der Waals surface area contributed by atoms with Gasteiger partial charge in [0.1, 0.15) is 0 Å². The van der Waals surface area contributed by atoms with Crippen molar-refractivity contribution in [3.05, 3.63) is 21.3 Å². The molecule has 1 N–H and O–H groups in total. The summed E-state index contributed by atoms with van der Waals surface area (Å²) in [5.74, 6) is 0.779. The minimum absolute atomic E-state index is 0.499. The Hall–Kier alpha value is -0.0500. The van der Waals surface area contributed by atoms with Crippen LogP contribution < -0.4 is 5.32 Å². The molecule has 19 heavy (non-hydrogen) atoms. The Labute approximate surface area is 126 Å². The van der Waals surface area contributed by atoms with Gasteiger partial charge in [-0.05, 0) is 56.2 Å². The average Bonchev–Trinajstić information content (AvgIpc) is 2.95. The molecule has 0 bridgehead atoms. The summed E-state index contributed by atoms with van der Waals surface area (Å²) in [6.07, 6.45) is 8.04. The van der Waals surface area contributed by atoms with Crippen LogP contribution in [-0.2, 0) is 6.42 Å². The lowest BCUT2D eigenvalue weighted by Gasteiger charge is -2.39. The summed E-state index contributed by atoms with van der Waals surface area (Å²) in [4.78, 5) is 1.42. The summed E-state index contributed by atoms with van der Waals surface area (Å²) in [5.41, 5.74) is 0.499. The minimum Gasteiger partial charge on any atom is -0.316 e. The molecule has 108 valence electrons. The zero-order valence-corrected chi connectivity index (χ0v) is 13.9. The molecule has 1 aromatic heterocycles. The van der Waals surface area contributed by atoms with Gasteiger partial charge < -0.3 is 5.32 Å². The van der Waals surface area contributed by atoms with Crippen LogP contribution in [0.3, 0.4) is 0 Å². The molecule has 1 fully saturated rings. The molecule has 1 aliphatic carbocycles. The summed E-state index contributed by atoms with van der Waals surface area (Å²) < 4.78 is 0.911. The predicted octanol–water partition coefficient (Wildman–Crippen LogP) is 5.14. The SMILES string of the molecule is CNC(Cc1ccc(Cl)s1)C1(CC(C)C)CCCC1. The number of hydrogen-bond donors (Lipinski definition) is 1. The normalized spacial score (nSPS) is 20.1. The fourth-order valence-corrected chi connectivity index (χ4v) is 5.01. The Morgan fingerprint density at radius 3 is 2.47 bits per heavy atom. The van der Waals surface area contributed by atoms with Crippen molar-refractivity contribution in [2.75, 3.05) is 7.05 Å². The third-order valence-corrected chi connectivity index (χ3v) is 5.79. The third kappa shape index (κ3) is 3.74. The van der Waals surface area contributed by atoms with E-state index in [0.717, 1.165) is 16.7 Å². The maximum atomic E-state index is 6.06. The van der Waals surface area contributed by atoms with Crippen molar-refractivity contribution in [1.29, 1.82) is 0 Å². The highest BCUT2D eigenvalue weighted by Gasteiger charge is 2.40. The number of thiophene rings is 1. The van der Waals surface area contributed by atoms with Crippen LogP contribution in [0.5, 0.6) is 0 Å². The molecule has 0 radical (unpaired) electrons. The highest BCUT2D eigenvalue weighted by Crippen LogP contribution is 2.47. The molecule has 0 aliphatic heterocycles. The lowest BCUT2D eigenvalue weighted by atomic mass is 9.71. The van der Waals surface area contributed by atoms with E-state index in [4.69, 9.17) is 11.6 Å². The zero-order chi connectivity index (χ0) is 13.9. The van der Waals surface area contributed by atoms with Crippen LogP contribution in [-0.4, -0.2) is 13.1 Å². The molecule has 1 heterocycles. The molecule has 1 aromatic rings. The van der Waals surface area contributed by atoms with E-state index < -0.39 is 0 Å². The minimum atomic E-state index is 0.499. The monoisotopic (exact) mass is 299 g/mol. The van der Waals surface area contributed by atoms with Gasteiger partial charge >= 0.3 is 0 Å². The average molecular weight is 300 g/mol. The summed E-state index contributed by atoms with van der Waals surface area (Å²) in [6.45, 7) is 4.71. The molecule has 0 aromatic carbocycles. The summed E-state index contributed by atoms with van der Waals surface area (Å²) >= 11 is 7.80. The highest BCUT2D eigenvalue weighted by atomic mass is 35.5. The fraction of sp³-hybridized carbons (Fsp3) is 0.750. The Morgan fingerprint density at radius 2 is 2.00 bits per heavy atom. The molecule has 1 saturated carbocycles. The summed E-state index contributed by atoms with van der Waals surface area (Å²) in [5, 5.41) is 3.61. The van der Waals surface area contributed by atoms with Crippen molar-refractivity contribution in [3.63, 3.8) is 0 Å². The molecular formula is C16H26ClNS. The van der Waals surface area contributed by atoms with E-state index in [0.29, 0.717) is 11.5 Å². The molecule has 1 nitrogen and oxygen atoms in total. The van der Waals surface area contributed by atoms with Gasteiger partial charge in [0.25, 0.3) is 0 Å². The van der Waals surface area contributed by atoms with E-state index in [1.165, 1.54) is 37.0 Å². The third-order valence-electron chi connectivity index (χ3n) is 4.54. The van der Waals surface area contributed by atoms with Gasteiger partial charge in [-0.3, -0.25) is 0 Å². The van der Waals surface area contributed by atoms with E-state index in [1.54, 1.807) is 11.3 Å². The lowest BCUT2D eigenvalue weighted by Crippen LogP contribution is -2.44. The molecule has 0 spiro atoms. The van der Waals surface area contributed by atoms with Gasteiger partial charge in [-0.15, -0.1) is 11.3 Å². The van der Waals surface area contributed by atoms with Crippen LogP contribution in [0, 0.1) is 11.3 Å². The molecule has 1 atom stereocenters. The molecule has 0 amide bonds. The van der Waals surface area contributed by atoms with E-state index in [1.807, 2.05) is 6.07 Å². The Bertz CT molecular complexity index is 393. The second kappa shape index (κ2) is 6.60. The quantitative estimate of drug-likeness (QED) is 0.767. The second-order valence-corrected chi connectivity index (χ2v) is 8.22. The molecular weight excluding hydrogens is 274 g/mol. The van der Waals surface area contributed by atoms with Crippen LogP contribution in [0.25, 0.3) is 0 Å². The van der Waals surface area contributed by atoms with Crippen LogP contribution in [0.15, 0.2) is 12.1 Å². The van der Waals surface area contributed by atoms with Crippen molar-refractivity contribution in [3.8, 4) is 0 Å². The number of nitrogens with one attached hydrogen (secondary N) is 1. The molecule has 1 aliphatic rings. The Morgan fingerprint density at radius 1 is 1.32 bits per heavy atom. The van der Waals surface area contributed by atoms with Gasteiger partial charge in [0.2, 0.25) is 0 Å². The van der Waals surface area contributed by atoms with Gasteiger partial charge in [-0.2, -0.15) is 0 Å². The van der Waals surface area contributed by atoms with E-state index in [2.05, 4.69) is 32.3 Å². The van der Waals surface area contributed by atoms with Crippen LogP contribution in [0.1, 0.15) is 50.8 Å². The smallest absolute Gasteiger partial charge is 0.0931 e. The number of halogens is 1. The van der Waals surface area contributed by atoms with Crippen molar-refractivity contribution < 1.29 is 0 Å². The maximum Gasteiger partial charge on any atom is 0.0931 e. The Balaban J connectivity index is 2.13. The summed E-state index contributed by atoms with van der Waals surface area (Å²) in [6, 6.07) is 4.81.